The van der Waals surface area contributed by atoms with Crippen LogP contribution in [-0.4, -0.2) is 25.1 Å². The fourth-order valence-electron chi connectivity index (χ4n) is 1.70. The SMILES string of the molecule is CC(NCCCO)c1ccc2c(c1)OCO2. The lowest BCUT2D eigenvalue weighted by Crippen LogP contribution is -2.20. The highest BCUT2D eigenvalue weighted by Gasteiger charge is 2.15. The maximum Gasteiger partial charge on any atom is 0.231 e. The van der Waals surface area contributed by atoms with Gasteiger partial charge in [0.25, 0.3) is 0 Å². The minimum Gasteiger partial charge on any atom is -0.454 e. The average molecular weight is 223 g/mol. The molecule has 0 saturated carbocycles. The molecule has 1 aliphatic heterocycles. The van der Waals surface area contributed by atoms with Crippen LogP contribution >= 0.6 is 0 Å². The first-order chi connectivity index (χ1) is 7.81. The summed E-state index contributed by atoms with van der Waals surface area (Å²) < 4.78 is 10.6. The zero-order valence-corrected chi connectivity index (χ0v) is 9.40. The van der Waals surface area contributed by atoms with Gasteiger partial charge in [-0.25, -0.2) is 0 Å². The molecule has 1 unspecified atom stereocenters. The number of aliphatic hydroxyl groups is 1. The van der Waals surface area contributed by atoms with Gasteiger partial charge in [0.15, 0.2) is 11.5 Å². The molecule has 1 aromatic carbocycles. The number of benzene rings is 1. The van der Waals surface area contributed by atoms with Crippen molar-refractivity contribution in [2.75, 3.05) is 19.9 Å². The molecule has 16 heavy (non-hydrogen) atoms. The molecule has 0 bridgehead atoms. The highest BCUT2D eigenvalue weighted by atomic mass is 16.7. The van der Waals surface area contributed by atoms with E-state index in [1.54, 1.807) is 0 Å². The molecule has 1 heterocycles. The van der Waals surface area contributed by atoms with Crippen LogP contribution < -0.4 is 14.8 Å². The van der Waals surface area contributed by atoms with E-state index in [1.165, 1.54) is 5.56 Å². The molecule has 88 valence electrons. The van der Waals surface area contributed by atoms with Crippen LogP contribution in [0.1, 0.15) is 24.9 Å². The molecule has 2 rings (SSSR count). The molecule has 0 fully saturated rings. The van der Waals surface area contributed by atoms with Crippen molar-refractivity contribution in [1.29, 1.82) is 0 Å². The van der Waals surface area contributed by atoms with Gasteiger partial charge in [0.2, 0.25) is 6.79 Å². The Kier molecular flexibility index (Phi) is 3.64. The van der Waals surface area contributed by atoms with Gasteiger partial charge >= 0.3 is 0 Å². The largest absolute Gasteiger partial charge is 0.454 e. The number of hydrogen-bond donors (Lipinski definition) is 2. The van der Waals surface area contributed by atoms with Crippen LogP contribution in [0.4, 0.5) is 0 Å². The Hall–Kier alpha value is -1.26. The first-order valence-electron chi connectivity index (χ1n) is 5.55. The average Bonchev–Trinajstić information content (AvgIpc) is 2.76. The van der Waals surface area contributed by atoms with E-state index in [2.05, 4.69) is 12.2 Å². The van der Waals surface area contributed by atoms with Gasteiger partial charge in [-0.15, -0.1) is 0 Å². The van der Waals surface area contributed by atoms with E-state index in [0.29, 0.717) is 6.79 Å². The van der Waals surface area contributed by atoms with Crippen LogP contribution in [0.25, 0.3) is 0 Å². The standard InChI is InChI=1S/C12H17NO3/c1-9(13-5-2-6-14)10-3-4-11-12(7-10)16-8-15-11/h3-4,7,9,13-14H,2,5-6,8H2,1H3. The summed E-state index contributed by atoms with van der Waals surface area (Å²) in [6, 6.07) is 6.21. The topological polar surface area (TPSA) is 50.7 Å². The second-order valence-electron chi connectivity index (χ2n) is 3.87. The second-order valence-corrected chi connectivity index (χ2v) is 3.87. The molecule has 4 nitrogen and oxygen atoms in total. The minimum atomic E-state index is 0.223. The molecule has 0 amide bonds. The molecule has 0 spiro atoms. The Bertz CT molecular complexity index is 354. The number of aliphatic hydroxyl groups excluding tert-OH is 1. The van der Waals surface area contributed by atoms with Gasteiger partial charge in [-0.2, -0.15) is 0 Å². The Morgan fingerprint density at radius 3 is 3.00 bits per heavy atom. The zero-order valence-electron chi connectivity index (χ0n) is 9.40. The summed E-state index contributed by atoms with van der Waals surface area (Å²) in [4.78, 5) is 0. The Labute approximate surface area is 95.2 Å². The molecule has 1 atom stereocenters. The lowest BCUT2D eigenvalue weighted by molar-refractivity contribution is 0.174. The van der Waals surface area contributed by atoms with Gasteiger partial charge in [0, 0.05) is 12.6 Å². The number of nitrogens with one attached hydrogen (secondary N) is 1. The van der Waals surface area contributed by atoms with E-state index < -0.39 is 0 Å². The van der Waals surface area contributed by atoms with Crippen LogP contribution in [0, 0.1) is 0 Å². The fourth-order valence-corrected chi connectivity index (χ4v) is 1.70. The van der Waals surface area contributed by atoms with E-state index in [4.69, 9.17) is 14.6 Å². The summed E-state index contributed by atoms with van der Waals surface area (Å²) in [7, 11) is 0. The molecule has 4 heteroatoms. The van der Waals surface area contributed by atoms with Crippen molar-refractivity contribution in [3.63, 3.8) is 0 Å². The number of ether oxygens (including phenoxy) is 2. The molecule has 0 aromatic heterocycles. The summed E-state index contributed by atoms with van der Waals surface area (Å²) >= 11 is 0. The summed E-state index contributed by atoms with van der Waals surface area (Å²) in [6.07, 6.45) is 0.773. The second kappa shape index (κ2) is 5.18. The van der Waals surface area contributed by atoms with Gasteiger partial charge in [0.1, 0.15) is 0 Å². The van der Waals surface area contributed by atoms with Crippen LogP contribution in [0.5, 0.6) is 11.5 Å². The van der Waals surface area contributed by atoms with Gasteiger partial charge in [-0.1, -0.05) is 6.07 Å². The van der Waals surface area contributed by atoms with Crippen molar-refractivity contribution in [2.24, 2.45) is 0 Å². The molecule has 0 saturated heterocycles. The lowest BCUT2D eigenvalue weighted by atomic mass is 10.1. The van der Waals surface area contributed by atoms with E-state index in [9.17, 15) is 0 Å². The monoisotopic (exact) mass is 223 g/mol. The maximum absolute atomic E-state index is 8.70. The first kappa shape index (κ1) is 11.2. The van der Waals surface area contributed by atoms with Crippen LogP contribution in [-0.2, 0) is 0 Å². The van der Waals surface area contributed by atoms with Crippen molar-refractivity contribution in [1.82, 2.24) is 5.32 Å². The van der Waals surface area contributed by atoms with E-state index in [1.807, 2.05) is 18.2 Å². The molecule has 0 radical (unpaired) electrons. The predicted octanol–water partition coefficient (Wildman–Crippen LogP) is 1.45. The van der Waals surface area contributed by atoms with E-state index in [0.717, 1.165) is 24.5 Å². The number of hydrogen-bond acceptors (Lipinski definition) is 4. The summed E-state index contributed by atoms with van der Waals surface area (Å²) in [5.74, 6) is 1.62. The van der Waals surface area contributed by atoms with Crippen molar-refractivity contribution in [3.05, 3.63) is 23.8 Å². The summed E-state index contributed by atoms with van der Waals surface area (Å²) in [5.41, 5.74) is 1.17. The Balaban J connectivity index is 1.98. The van der Waals surface area contributed by atoms with Gasteiger partial charge in [-0.3, -0.25) is 0 Å². The van der Waals surface area contributed by atoms with Crippen molar-refractivity contribution < 1.29 is 14.6 Å². The van der Waals surface area contributed by atoms with Gasteiger partial charge in [-0.05, 0) is 37.6 Å². The predicted molar refractivity (Wildman–Crippen MR) is 60.7 cm³/mol. The van der Waals surface area contributed by atoms with Crippen LogP contribution in [0.3, 0.4) is 0 Å². The van der Waals surface area contributed by atoms with Crippen molar-refractivity contribution in [2.45, 2.75) is 19.4 Å². The summed E-state index contributed by atoms with van der Waals surface area (Å²) in [5, 5.41) is 12.0. The normalized spacial score (nSPS) is 15.1. The minimum absolute atomic E-state index is 0.223. The third-order valence-corrected chi connectivity index (χ3v) is 2.68. The van der Waals surface area contributed by atoms with Crippen molar-refractivity contribution in [3.8, 4) is 11.5 Å². The molecular formula is C12H17NO3. The zero-order chi connectivity index (χ0) is 11.4. The van der Waals surface area contributed by atoms with Gasteiger partial charge in [0.05, 0.1) is 0 Å². The molecular weight excluding hydrogens is 206 g/mol. The van der Waals surface area contributed by atoms with Gasteiger partial charge < -0.3 is 19.9 Å². The highest BCUT2D eigenvalue weighted by molar-refractivity contribution is 5.45. The Morgan fingerprint density at radius 2 is 2.19 bits per heavy atom. The highest BCUT2D eigenvalue weighted by Crippen LogP contribution is 2.33. The van der Waals surface area contributed by atoms with E-state index in [-0.39, 0.29) is 12.6 Å². The molecule has 2 N–H and O–H groups in total. The number of rotatable bonds is 5. The van der Waals surface area contributed by atoms with E-state index >= 15 is 0 Å². The molecule has 1 aliphatic rings. The maximum atomic E-state index is 8.70. The third-order valence-electron chi connectivity index (χ3n) is 2.68. The molecule has 1 aromatic rings. The fraction of sp³-hybridized carbons (Fsp3) is 0.500. The molecule has 0 aliphatic carbocycles. The van der Waals surface area contributed by atoms with Crippen LogP contribution in [0.2, 0.25) is 0 Å². The first-order valence-corrected chi connectivity index (χ1v) is 5.55. The number of fused-ring (bicyclic) bond motifs is 1. The lowest BCUT2D eigenvalue weighted by Gasteiger charge is -2.14. The smallest absolute Gasteiger partial charge is 0.231 e. The summed E-state index contributed by atoms with van der Waals surface area (Å²) in [6.45, 7) is 3.44. The van der Waals surface area contributed by atoms with Crippen LogP contribution in [0.15, 0.2) is 18.2 Å². The quantitative estimate of drug-likeness (QED) is 0.742. The Morgan fingerprint density at radius 1 is 1.38 bits per heavy atom. The van der Waals surface area contributed by atoms with Crippen molar-refractivity contribution >= 4 is 0 Å². The third kappa shape index (κ3) is 2.46.